The molecule has 0 saturated carbocycles. The number of benzene rings is 2. The van der Waals surface area contributed by atoms with Crippen LogP contribution in [-0.2, 0) is 16.1 Å². The molecule has 0 aliphatic carbocycles. The molecule has 0 bridgehead atoms. The van der Waals surface area contributed by atoms with Crippen molar-refractivity contribution in [1.29, 1.82) is 0 Å². The third kappa shape index (κ3) is 6.98. The zero-order valence-corrected chi connectivity index (χ0v) is 23.4. The maximum Gasteiger partial charge on any atom is 0.407 e. The number of hydrogen-bond donors (Lipinski definition) is 2. The molecule has 0 radical (unpaired) electrons. The third-order valence-corrected chi connectivity index (χ3v) is 7.61. The quantitative estimate of drug-likeness (QED) is 0.509. The molecule has 0 spiro atoms. The van der Waals surface area contributed by atoms with Crippen LogP contribution in [0.3, 0.4) is 0 Å². The summed E-state index contributed by atoms with van der Waals surface area (Å²) in [6, 6.07) is 15.5. The monoisotopic (exact) mass is 586 g/mol. The van der Waals surface area contributed by atoms with E-state index in [2.05, 4.69) is 26.1 Å². The fourth-order valence-corrected chi connectivity index (χ4v) is 5.19. The molecule has 2 aliphatic heterocycles. The van der Waals surface area contributed by atoms with Gasteiger partial charge in [-0.3, -0.25) is 9.59 Å². The molecule has 0 aromatic heterocycles. The number of anilines is 1. The van der Waals surface area contributed by atoms with Gasteiger partial charge in [-0.15, -0.1) is 0 Å². The zero-order chi connectivity index (χ0) is 27.3. The molecule has 10 heteroatoms. The van der Waals surface area contributed by atoms with Crippen molar-refractivity contribution in [2.45, 2.75) is 38.8 Å². The molecule has 3 amide bonds. The van der Waals surface area contributed by atoms with Crippen molar-refractivity contribution in [2.75, 3.05) is 44.2 Å². The van der Waals surface area contributed by atoms with Crippen LogP contribution in [0.2, 0.25) is 0 Å². The van der Waals surface area contributed by atoms with Gasteiger partial charge >= 0.3 is 6.09 Å². The van der Waals surface area contributed by atoms with Gasteiger partial charge in [-0.25, -0.2) is 4.79 Å². The minimum atomic E-state index is -1.11. The third-order valence-electron chi connectivity index (χ3n) is 7.08. The van der Waals surface area contributed by atoms with E-state index in [9.17, 15) is 14.4 Å². The Hall–Kier alpha value is -3.27. The smallest absolute Gasteiger partial charge is 0.407 e. The number of halogens is 1. The number of amides is 3. The summed E-state index contributed by atoms with van der Waals surface area (Å²) in [7, 11) is 0. The number of piperidine rings is 1. The second-order valence-corrected chi connectivity index (χ2v) is 11.2. The van der Waals surface area contributed by atoms with Crippen LogP contribution in [-0.4, -0.2) is 77.7 Å². The van der Waals surface area contributed by atoms with Gasteiger partial charge in [0.25, 0.3) is 5.91 Å². The van der Waals surface area contributed by atoms with Gasteiger partial charge in [-0.1, -0.05) is 34.1 Å². The number of hydrogen-bond acceptors (Lipinski definition) is 5. The van der Waals surface area contributed by atoms with Crippen LogP contribution >= 0.6 is 15.9 Å². The lowest BCUT2D eigenvalue weighted by molar-refractivity contribution is -0.147. The number of carboxylic acid groups (broad SMARTS) is 1. The summed E-state index contributed by atoms with van der Waals surface area (Å²) in [4.78, 5) is 42.4. The summed E-state index contributed by atoms with van der Waals surface area (Å²) in [6.45, 7) is 6.70. The lowest BCUT2D eigenvalue weighted by Gasteiger charge is -2.38. The number of nitrogens with one attached hydrogen (secondary N) is 1. The fraction of sp³-hybridized carbons (Fsp3) is 0.464. The van der Waals surface area contributed by atoms with Crippen LogP contribution in [0, 0.1) is 5.92 Å². The van der Waals surface area contributed by atoms with Crippen LogP contribution in [0.25, 0.3) is 0 Å². The molecule has 2 fully saturated rings. The lowest BCUT2D eigenvalue weighted by Crippen LogP contribution is -2.56. The number of rotatable bonds is 7. The Morgan fingerprint density at radius 3 is 2.39 bits per heavy atom. The van der Waals surface area contributed by atoms with Gasteiger partial charge in [-0.2, -0.15) is 0 Å². The molecule has 2 aromatic rings. The van der Waals surface area contributed by atoms with Crippen LogP contribution in [0.4, 0.5) is 10.5 Å². The maximum absolute atomic E-state index is 13.2. The first kappa shape index (κ1) is 27.8. The van der Waals surface area contributed by atoms with Crippen LogP contribution in [0.1, 0.15) is 32.3 Å². The molecule has 2 aliphatic rings. The van der Waals surface area contributed by atoms with Crippen molar-refractivity contribution in [3.63, 3.8) is 0 Å². The first-order valence-electron chi connectivity index (χ1n) is 13.0. The fourth-order valence-electron chi connectivity index (χ4n) is 4.93. The van der Waals surface area contributed by atoms with Crippen molar-refractivity contribution in [2.24, 2.45) is 5.92 Å². The average Bonchev–Trinajstić information content (AvgIpc) is 2.92. The predicted octanol–water partition coefficient (Wildman–Crippen LogP) is 3.96. The van der Waals surface area contributed by atoms with Crippen LogP contribution in [0.15, 0.2) is 53.0 Å². The number of ether oxygens (including phenoxy) is 1. The highest BCUT2D eigenvalue weighted by Crippen LogP contribution is 2.29. The molecule has 2 heterocycles. The average molecular weight is 588 g/mol. The van der Waals surface area contributed by atoms with Gasteiger partial charge in [0.05, 0.1) is 5.92 Å². The van der Waals surface area contributed by atoms with E-state index in [-0.39, 0.29) is 17.7 Å². The standard InChI is InChI=1S/C28H35BrN4O5/c1-28(2,26(35)31-13-15-32(16-14-31)27(36)37)38-24-7-3-6-23(17-24)33-12-4-5-21(19-33)25(34)30-18-20-8-10-22(29)11-9-20/h3,6-11,17,21H,4-5,12-16,18-19H2,1-2H3,(H,30,34)(H,36,37). The molecule has 2 N–H and O–H groups in total. The number of piperazine rings is 1. The SMILES string of the molecule is CC(C)(Oc1cccc(N2CCCC(C(=O)NCc3ccc(Br)cc3)C2)c1)C(=O)N1CCN(C(=O)O)CC1. The Morgan fingerprint density at radius 2 is 1.71 bits per heavy atom. The second-order valence-electron chi connectivity index (χ2n) is 10.3. The van der Waals surface area contributed by atoms with Gasteiger partial charge in [0, 0.05) is 62.0 Å². The second kappa shape index (κ2) is 12.1. The van der Waals surface area contributed by atoms with E-state index in [1.807, 2.05) is 48.5 Å². The molecular weight excluding hydrogens is 552 g/mol. The highest BCUT2D eigenvalue weighted by atomic mass is 79.9. The van der Waals surface area contributed by atoms with Crippen molar-refractivity contribution >= 4 is 39.5 Å². The number of carbonyl (C=O) groups is 3. The zero-order valence-electron chi connectivity index (χ0n) is 21.9. The summed E-state index contributed by atoms with van der Waals surface area (Å²) in [6.07, 6.45) is 0.787. The normalized spacial score (nSPS) is 18.2. The van der Waals surface area contributed by atoms with E-state index in [4.69, 9.17) is 9.84 Å². The molecular formula is C28H35BrN4O5. The molecule has 4 rings (SSSR count). The van der Waals surface area contributed by atoms with Crippen LogP contribution < -0.4 is 15.0 Å². The van der Waals surface area contributed by atoms with Gasteiger partial charge in [0.1, 0.15) is 5.75 Å². The molecule has 1 atom stereocenters. The summed E-state index contributed by atoms with van der Waals surface area (Å²) < 4.78 is 7.17. The highest BCUT2D eigenvalue weighted by molar-refractivity contribution is 9.10. The van der Waals surface area contributed by atoms with E-state index in [0.29, 0.717) is 45.0 Å². The van der Waals surface area contributed by atoms with E-state index < -0.39 is 11.7 Å². The Balaban J connectivity index is 1.34. The summed E-state index contributed by atoms with van der Waals surface area (Å²) in [5.41, 5.74) is 0.896. The topological polar surface area (TPSA) is 102 Å². The Morgan fingerprint density at radius 1 is 1.03 bits per heavy atom. The molecule has 2 saturated heterocycles. The van der Waals surface area contributed by atoms with E-state index in [0.717, 1.165) is 35.1 Å². The van der Waals surface area contributed by atoms with Gasteiger partial charge in [-0.05, 0) is 56.5 Å². The number of carbonyl (C=O) groups excluding carboxylic acids is 2. The lowest BCUT2D eigenvalue weighted by atomic mass is 9.96. The van der Waals surface area contributed by atoms with Gasteiger partial charge in [0.2, 0.25) is 5.91 Å². The van der Waals surface area contributed by atoms with Crippen molar-refractivity contribution in [3.05, 3.63) is 58.6 Å². The maximum atomic E-state index is 13.2. The van der Waals surface area contributed by atoms with Gasteiger partial charge in [0.15, 0.2) is 5.60 Å². The van der Waals surface area contributed by atoms with Crippen molar-refractivity contribution in [1.82, 2.24) is 15.1 Å². The minimum Gasteiger partial charge on any atom is -0.478 e. The first-order chi connectivity index (χ1) is 18.1. The van der Waals surface area contributed by atoms with E-state index >= 15 is 0 Å². The molecule has 9 nitrogen and oxygen atoms in total. The van der Waals surface area contributed by atoms with E-state index in [1.165, 1.54) is 4.90 Å². The highest BCUT2D eigenvalue weighted by Gasteiger charge is 2.36. The first-order valence-corrected chi connectivity index (χ1v) is 13.7. The summed E-state index contributed by atoms with van der Waals surface area (Å²) >= 11 is 3.43. The van der Waals surface area contributed by atoms with E-state index in [1.54, 1.807) is 18.7 Å². The van der Waals surface area contributed by atoms with Crippen molar-refractivity contribution < 1.29 is 24.2 Å². The summed E-state index contributed by atoms with van der Waals surface area (Å²) in [5, 5.41) is 12.2. The van der Waals surface area contributed by atoms with Crippen LogP contribution in [0.5, 0.6) is 5.75 Å². The van der Waals surface area contributed by atoms with Gasteiger partial charge < -0.3 is 29.9 Å². The Bertz CT molecular complexity index is 1150. The Kier molecular flexibility index (Phi) is 8.81. The minimum absolute atomic E-state index is 0.0553. The van der Waals surface area contributed by atoms with Crippen molar-refractivity contribution in [3.8, 4) is 5.75 Å². The largest absolute Gasteiger partial charge is 0.478 e. The Labute approximate surface area is 231 Å². The molecule has 2 aromatic carbocycles. The molecule has 38 heavy (non-hydrogen) atoms. The number of nitrogens with zero attached hydrogens (tertiary/aromatic N) is 3. The predicted molar refractivity (Wildman–Crippen MR) is 148 cm³/mol. The summed E-state index contributed by atoms with van der Waals surface area (Å²) in [5.74, 6) is 0.353. The molecule has 1 unspecified atom stereocenters. The molecule has 204 valence electrons.